The van der Waals surface area contributed by atoms with E-state index in [1.54, 1.807) is 7.11 Å². The van der Waals surface area contributed by atoms with Gasteiger partial charge in [-0.1, -0.05) is 54.1 Å². The van der Waals surface area contributed by atoms with Gasteiger partial charge in [0.15, 0.2) is 0 Å². The van der Waals surface area contributed by atoms with E-state index >= 15 is 0 Å². The van der Waals surface area contributed by atoms with Crippen LogP contribution in [-0.4, -0.2) is 38.7 Å². The quantitative estimate of drug-likeness (QED) is 0.645. The summed E-state index contributed by atoms with van der Waals surface area (Å²) < 4.78 is 5.51. The highest BCUT2D eigenvalue weighted by Gasteiger charge is 2.41. The molecule has 0 radical (unpaired) electrons. The monoisotopic (exact) mass is 441 g/mol. The predicted octanol–water partition coefficient (Wildman–Crippen LogP) is 4.19. The van der Waals surface area contributed by atoms with Crippen molar-refractivity contribution in [1.82, 2.24) is 5.32 Å². The number of anilines is 2. The minimum Gasteiger partial charge on any atom is -0.497 e. The second-order valence-corrected chi connectivity index (χ2v) is 9.05. The number of amides is 1. The van der Waals surface area contributed by atoms with Crippen LogP contribution in [0.3, 0.4) is 0 Å². The van der Waals surface area contributed by atoms with Crippen molar-refractivity contribution in [2.45, 2.75) is 25.9 Å². The summed E-state index contributed by atoms with van der Waals surface area (Å²) in [6.07, 6.45) is 0.739. The second kappa shape index (κ2) is 9.18. The van der Waals surface area contributed by atoms with Crippen molar-refractivity contribution >= 4 is 17.3 Å². The first-order valence-corrected chi connectivity index (χ1v) is 11.7. The third kappa shape index (κ3) is 4.40. The number of nitrogens with zero attached hydrogens (tertiary/aromatic N) is 2. The molecule has 2 atom stereocenters. The molecular weight excluding hydrogens is 410 g/mol. The van der Waals surface area contributed by atoms with Gasteiger partial charge in [0.25, 0.3) is 0 Å². The number of fused-ring (bicyclic) bond motifs is 3. The Morgan fingerprint density at radius 2 is 1.82 bits per heavy atom. The number of piperazine rings is 1. The van der Waals surface area contributed by atoms with Gasteiger partial charge in [0.05, 0.1) is 19.1 Å². The summed E-state index contributed by atoms with van der Waals surface area (Å²) in [4.78, 5) is 18.3. The van der Waals surface area contributed by atoms with E-state index in [2.05, 4.69) is 70.6 Å². The van der Waals surface area contributed by atoms with Crippen LogP contribution < -0.4 is 19.9 Å². The topological polar surface area (TPSA) is 44.8 Å². The number of hydrogen-bond acceptors (Lipinski definition) is 4. The number of carbonyl (C=O) groups excluding carboxylic acids is 1. The largest absolute Gasteiger partial charge is 0.497 e. The summed E-state index contributed by atoms with van der Waals surface area (Å²) in [5, 5.41) is 3.21. The Hall–Kier alpha value is -3.47. The molecule has 2 aliphatic heterocycles. The Balaban J connectivity index is 1.42. The fraction of sp³-hybridized carbons (Fsp3) is 0.321. The van der Waals surface area contributed by atoms with Gasteiger partial charge in [-0.15, -0.1) is 0 Å². The van der Waals surface area contributed by atoms with Crippen LogP contribution in [-0.2, 0) is 17.8 Å². The van der Waals surface area contributed by atoms with Crippen LogP contribution in [0.25, 0.3) is 0 Å². The molecule has 0 aromatic heterocycles. The molecule has 3 aromatic carbocycles. The highest BCUT2D eigenvalue weighted by atomic mass is 16.5. The SMILES string of the molecule is COc1ccc2c(c1)N1CCN(c3ccc(C)cc3)CC1C(C(=O)NCc1ccccc1)C2. The van der Waals surface area contributed by atoms with Gasteiger partial charge in [-0.25, -0.2) is 0 Å². The molecule has 1 saturated heterocycles. The van der Waals surface area contributed by atoms with Gasteiger partial charge >= 0.3 is 0 Å². The molecule has 1 amide bonds. The van der Waals surface area contributed by atoms with Crippen molar-refractivity contribution in [3.05, 3.63) is 89.5 Å². The lowest BCUT2D eigenvalue weighted by Gasteiger charge is -2.49. The zero-order valence-corrected chi connectivity index (χ0v) is 19.3. The summed E-state index contributed by atoms with van der Waals surface area (Å²) in [5.41, 5.74) is 6.02. The van der Waals surface area contributed by atoms with E-state index in [0.29, 0.717) is 6.54 Å². The Morgan fingerprint density at radius 3 is 2.58 bits per heavy atom. The number of benzene rings is 3. The number of ether oxygens (including phenoxy) is 1. The van der Waals surface area contributed by atoms with E-state index in [9.17, 15) is 4.79 Å². The lowest BCUT2D eigenvalue weighted by molar-refractivity contribution is -0.126. The molecule has 0 saturated carbocycles. The molecule has 0 bridgehead atoms. The van der Waals surface area contributed by atoms with Crippen LogP contribution in [0.5, 0.6) is 5.75 Å². The van der Waals surface area contributed by atoms with Gasteiger partial charge in [0.1, 0.15) is 5.75 Å². The van der Waals surface area contributed by atoms with Crippen LogP contribution in [0.4, 0.5) is 11.4 Å². The average Bonchev–Trinajstić information content (AvgIpc) is 2.87. The highest BCUT2D eigenvalue weighted by molar-refractivity contribution is 5.82. The third-order valence-corrected chi connectivity index (χ3v) is 6.97. The molecule has 0 spiro atoms. The van der Waals surface area contributed by atoms with E-state index in [4.69, 9.17) is 4.74 Å². The third-order valence-electron chi connectivity index (χ3n) is 6.97. The van der Waals surface area contributed by atoms with Crippen molar-refractivity contribution in [3.63, 3.8) is 0 Å². The van der Waals surface area contributed by atoms with Crippen LogP contribution in [0, 0.1) is 12.8 Å². The first-order chi connectivity index (χ1) is 16.1. The molecule has 5 nitrogen and oxygen atoms in total. The summed E-state index contributed by atoms with van der Waals surface area (Å²) in [6, 6.07) is 25.2. The van der Waals surface area contributed by atoms with E-state index in [1.807, 2.05) is 24.3 Å². The molecule has 170 valence electrons. The first kappa shape index (κ1) is 21.4. The summed E-state index contributed by atoms with van der Waals surface area (Å²) in [6.45, 7) is 5.29. The van der Waals surface area contributed by atoms with Crippen LogP contribution in [0.2, 0.25) is 0 Å². The number of hydrogen-bond donors (Lipinski definition) is 1. The molecule has 5 rings (SSSR count). The van der Waals surface area contributed by atoms with Gasteiger partial charge < -0.3 is 19.9 Å². The molecule has 0 aliphatic carbocycles. The summed E-state index contributed by atoms with van der Waals surface area (Å²) in [5.74, 6) is 0.879. The highest BCUT2D eigenvalue weighted by Crippen LogP contribution is 2.39. The van der Waals surface area contributed by atoms with Gasteiger partial charge in [-0.2, -0.15) is 0 Å². The van der Waals surface area contributed by atoms with E-state index in [0.717, 1.165) is 37.4 Å². The minimum atomic E-state index is -0.108. The number of methoxy groups -OCH3 is 1. The van der Waals surface area contributed by atoms with Crippen LogP contribution in [0.15, 0.2) is 72.8 Å². The lowest BCUT2D eigenvalue weighted by Crippen LogP contribution is -2.61. The average molecular weight is 442 g/mol. The number of carbonyl (C=O) groups is 1. The molecule has 3 aromatic rings. The van der Waals surface area contributed by atoms with Crippen molar-refractivity contribution in [2.24, 2.45) is 5.92 Å². The summed E-state index contributed by atoms with van der Waals surface area (Å²) in [7, 11) is 1.71. The van der Waals surface area contributed by atoms with Crippen LogP contribution in [0.1, 0.15) is 16.7 Å². The first-order valence-electron chi connectivity index (χ1n) is 11.7. The van der Waals surface area contributed by atoms with Gasteiger partial charge in [-0.05, 0) is 42.7 Å². The van der Waals surface area contributed by atoms with Gasteiger partial charge in [0.2, 0.25) is 5.91 Å². The van der Waals surface area contributed by atoms with E-state index < -0.39 is 0 Å². The molecule has 1 N–H and O–H groups in total. The molecule has 1 fully saturated rings. The zero-order chi connectivity index (χ0) is 22.8. The smallest absolute Gasteiger partial charge is 0.225 e. The molecule has 2 unspecified atom stereocenters. The fourth-order valence-electron chi connectivity index (χ4n) is 5.11. The Bertz CT molecular complexity index is 1110. The molecular formula is C28H31N3O2. The van der Waals surface area contributed by atoms with Gasteiger partial charge in [0, 0.05) is 43.6 Å². The Morgan fingerprint density at radius 1 is 1.03 bits per heavy atom. The molecule has 2 aliphatic rings. The second-order valence-electron chi connectivity index (χ2n) is 9.05. The maximum Gasteiger partial charge on any atom is 0.225 e. The Labute approximate surface area is 196 Å². The lowest BCUT2D eigenvalue weighted by atomic mass is 9.83. The van der Waals surface area contributed by atoms with Crippen molar-refractivity contribution in [1.29, 1.82) is 0 Å². The molecule has 5 heteroatoms. The Kier molecular flexibility index (Phi) is 5.95. The standard InChI is InChI=1S/C28H31N3O2/c1-20-8-11-23(12-9-20)30-14-15-31-26-17-24(33-2)13-10-22(26)16-25(27(31)19-30)28(32)29-18-21-6-4-3-5-7-21/h3-13,17,25,27H,14-16,18-19H2,1-2H3,(H,29,32). The van der Waals surface area contributed by atoms with Crippen molar-refractivity contribution in [3.8, 4) is 5.75 Å². The maximum absolute atomic E-state index is 13.5. The predicted molar refractivity (Wildman–Crippen MR) is 133 cm³/mol. The van der Waals surface area contributed by atoms with Crippen molar-refractivity contribution < 1.29 is 9.53 Å². The van der Waals surface area contributed by atoms with Crippen molar-refractivity contribution in [2.75, 3.05) is 36.5 Å². The number of rotatable bonds is 5. The maximum atomic E-state index is 13.5. The van der Waals surface area contributed by atoms with E-state index in [-0.39, 0.29) is 17.9 Å². The number of aryl methyl sites for hydroxylation is 1. The normalized spacial score (nSPS) is 19.5. The fourth-order valence-corrected chi connectivity index (χ4v) is 5.11. The minimum absolute atomic E-state index is 0.107. The number of nitrogens with one attached hydrogen (secondary N) is 1. The zero-order valence-electron chi connectivity index (χ0n) is 19.3. The van der Waals surface area contributed by atoms with Crippen LogP contribution >= 0.6 is 0 Å². The summed E-state index contributed by atoms with van der Waals surface area (Å²) >= 11 is 0. The van der Waals surface area contributed by atoms with Gasteiger partial charge in [-0.3, -0.25) is 4.79 Å². The molecule has 33 heavy (non-hydrogen) atoms. The molecule has 2 heterocycles. The van der Waals surface area contributed by atoms with E-state index in [1.165, 1.54) is 22.5 Å².